The van der Waals surface area contributed by atoms with Gasteiger partial charge >= 0.3 is 0 Å². The highest BCUT2D eigenvalue weighted by atomic mass is 16.5. The lowest BCUT2D eigenvalue weighted by Crippen LogP contribution is -2.60. The maximum Gasteiger partial charge on any atom is 0.0700 e. The Morgan fingerprint density at radius 3 is 2.83 bits per heavy atom. The largest absolute Gasteiger partial charge is 0.376 e. The van der Waals surface area contributed by atoms with E-state index in [4.69, 9.17) is 4.74 Å². The van der Waals surface area contributed by atoms with Crippen LogP contribution in [-0.4, -0.2) is 49.8 Å². The van der Waals surface area contributed by atoms with Crippen molar-refractivity contribution in [3.8, 4) is 0 Å². The van der Waals surface area contributed by atoms with E-state index >= 15 is 0 Å². The average Bonchev–Trinajstić information content (AvgIpc) is 2.37. The monoisotopic (exact) mass is 254 g/mol. The Morgan fingerprint density at radius 2 is 2.17 bits per heavy atom. The normalized spacial score (nSPS) is 37.7. The summed E-state index contributed by atoms with van der Waals surface area (Å²) < 4.78 is 5.81. The van der Waals surface area contributed by atoms with E-state index in [1.165, 1.54) is 19.3 Å². The van der Waals surface area contributed by atoms with Crippen molar-refractivity contribution >= 4 is 0 Å². The Morgan fingerprint density at radius 1 is 1.39 bits per heavy atom. The van der Waals surface area contributed by atoms with E-state index in [9.17, 15) is 0 Å². The van der Waals surface area contributed by atoms with Gasteiger partial charge in [0.05, 0.1) is 12.7 Å². The van der Waals surface area contributed by atoms with Gasteiger partial charge in [0.25, 0.3) is 0 Å². The second kappa shape index (κ2) is 5.89. The molecule has 0 radical (unpaired) electrons. The van der Waals surface area contributed by atoms with Gasteiger partial charge in [-0.2, -0.15) is 0 Å². The van der Waals surface area contributed by atoms with Crippen molar-refractivity contribution in [2.75, 3.05) is 26.7 Å². The van der Waals surface area contributed by atoms with Gasteiger partial charge in [-0.1, -0.05) is 27.2 Å². The molecule has 3 atom stereocenters. The third kappa shape index (κ3) is 2.89. The first-order valence-electron chi connectivity index (χ1n) is 7.61. The molecule has 0 aromatic heterocycles. The summed E-state index contributed by atoms with van der Waals surface area (Å²) in [7, 11) is 2.13. The summed E-state index contributed by atoms with van der Waals surface area (Å²) in [6, 6.07) is 1.30. The van der Waals surface area contributed by atoms with E-state index < -0.39 is 0 Å². The van der Waals surface area contributed by atoms with Crippen LogP contribution in [0.3, 0.4) is 0 Å². The fourth-order valence-corrected chi connectivity index (χ4v) is 3.88. The molecule has 106 valence electrons. The molecule has 2 fully saturated rings. The Bertz CT molecular complexity index is 267. The Hall–Kier alpha value is -0.120. The van der Waals surface area contributed by atoms with E-state index in [1.807, 2.05) is 0 Å². The van der Waals surface area contributed by atoms with Gasteiger partial charge in [0.15, 0.2) is 0 Å². The standard InChI is InChI=1S/C15H30N2O/c1-5-12-11-17(9-10-18-12)13-7-6-8-15(2,3)14(13)16-4/h12-14,16H,5-11H2,1-4H3. The summed E-state index contributed by atoms with van der Waals surface area (Å²) in [5.74, 6) is 0. The zero-order chi connectivity index (χ0) is 13.2. The molecule has 0 spiro atoms. The maximum absolute atomic E-state index is 5.81. The number of morpholine rings is 1. The molecule has 3 nitrogen and oxygen atoms in total. The van der Waals surface area contributed by atoms with Gasteiger partial charge in [0.2, 0.25) is 0 Å². The molecule has 2 aliphatic rings. The highest BCUT2D eigenvalue weighted by Gasteiger charge is 2.41. The highest BCUT2D eigenvalue weighted by Crippen LogP contribution is 2.38. The molecule has 1 saturated carbocycles. The minimum atomic E-state index is 0.414. The summed E-state index contributed by atoms with van der Waals surface area (Å²) in [4.78, 5) is 2.68. The zero-order valence-corrected chi connectivity index (χ0v) is 12.5. The molecule has 1 N–H and O–H groups in total. The fourth-order valence-electron chi connectivity index (χ4n) is 3.88. The van der Waals surface area contributed by atoms with Crippen LogP contribution in [0, 0.1) is 5.41 Å². The maximum atomic E-state index is 5.81. The number of hydrogen-bond acceptors (Lipinski definition) is 3. The first kappa shape index (κ1) is 14.3. The molecule has 0 amide bonds. The summed E-state index contributed by atoms with van der Waals surface area (Å²) in [5, 5.41) is 3.59. The molecule has 1 heterocycles. The quantitative estimate of drug-likeness (QED) is 0.836. The van der Waals surface area contributed by atoms with Crippen molar-refractivity contribution in [1.29, 1.82) is 0 Å². The first-order chi connectivity index (χ1) is 8.58. The zero-order valence-electron chi connectivity index (χ0n) is 12.5. The van der Waals surface area contributed by atoms with Gasteiger partial charge in [-0.05, 0) is 31.7 Å². The molecule has 1 saturated heterocycles. The minimum absolute atomic E-state index is 0.414. The van der Waals surface area contributed by atoms with Crippen molar-refractivity contribution < 1.29 is 4.74 Å². The van der Waals surface area contributed by atoms with Crippen LogP contribution in [-0.2, 0) is 4.74 Å². The number of nitrogens with one attached hydrogen (secondary N) is 1. The lowest BCUT2D eigenvalue weighted by molar-refractivity contribution is -0.0650. The van der Waals surface area contributed by atoms with Crippen LogP contribution < -0.4 is 5.32 Å². The molecular weight excluding hydrogens is 224 g/mol. The van der Waals surface area contributed by atoms with Crippen LogP contribution in [0.15, 0.2) is 0 Å². The number of likely N-dealkylation sites (N-methyl/N-ethyl adjacent to an activating group) is 1. The number of ether oxygens (including phenoxy) is 1. The predicted octanol–water partition coefficient (Wildman–Crippen LogP) is 2.26. The molecule has 3 heteroatoms. The second-order valence-corrected chi connectivity index (χ2v) is 6.61. The van der Waals surface area contributed by atoms with E-state index in [0.29, 0.717) is 23.6 Å². The lowest BCUT2D eigenvalue weighted by Gasteiger charge is -2.50. The molecule has 1 aliphatic heterocycles. The summed E-state index contributed by atoms with van der Waals surface area (Å²) in [6.07, 6.45) is 5.63. The summed E-state index contributed by atoms with van der Waals surface area (Å²) in [6.45, 7) is 10.2. The number of hydrogen-bond donors (Lipinski definition) is 1. The van der Waals surface area contributed by atoms with E-state index in [1.54, 1.807) is 0 Å². The van der Waals surface area contributed by atoms with Gasteiger partial charge in [0.1, 0.15) is 0 Å². The van der Waals surface area contributed by atoms with Crippen molar-refractivity contribution in [1.82, 2.24) is 10.2 Å². The van der Waals surface area contributed by atoms with E-state index in [-0.39, 0.29) is 0 Å². The smallest absolute Gasteiger partial charge is 0.0700 e. The first-order valence-corrected chi connectivity index (χ1v) is 7.61. The van der Waals surface area contributed by atoms with Crippen molar-refractivity contribution in [2.45, 2.75) is 64.6 Å². The van der Waals surface area contributed by atoms with Crippen molar-refractivity contribution in [3.63, 3.8) is 0 Å². The third-order valence-corrected chi connectivity index (χ3v) is 4.95. The van der Waals surface area contributed by atoms with Crippen LogP contribution in [0.4, 0.5) is 0 Å². The summed E-state index contributed by atoms with van der Waals surface area (Å²) >= 11 is 0. The Kier molecular flexibility index (Phi) is 4.68. The molecule has 3 unspecified atom stereocenters. The average molecular weight is 254 g/mol. The van der Waals surface area contributed by atoms with Gasteiger partial charge in [-0.15, -0.1) is 0 Å². The van der Waals surface area contributed by atoms with Crippen LogP contribution in [0.5, 0.6) is 0 Å². The van der Waals surface area contributed by atoms with Crippen LogP contribution >= 0.6 is 0 Å². The molecule has 2 rings (SSSR count). The Labute approximate surface area is 112 Å². The highest BCUT2D eigenvalue weighted by molar-refractivity contribution is 4.98. The van der Waals surface area contributed by atoms with Gasteiger partial charge in [-0.25, -0.2) is 0 Å². The van der Waals surface area contributed by atoms with Crippen LogP contribution in [0.2, 0.25) is 0 Å². The molecule has 0 aromatic rings. The lowest BCUT2D eigenvalue weighted by atomic mass is 9.70. The van der Waals surface area contributed by atoms with Gasteiger partial charge in [0, 0.05) is 25.2 Å². The van der Waals surface area contributed by atoms with Crippen molar-refractivity contribution in [2.24, 2.45) is 5.41 Å². The van der Waals surface area contributed by atoms with Crippen LogP contribution in [0.25, 0.3) is 0 Å². The molecule has 0 bridgehead atoms. The third-order valence-electron chi connectivity index (χ3n) is 4.95. The minimum Gasteiger partial charge on any atom is -0.376 e. The SMILES string of the molecule is CCC1CN(C2CCCC(C)(C)C2NC)CCO1. The van der Waals surface area contributed by atoms with Gasteiger partial charge < -0.3 is 10.1 Å². The Balaban J connectivity index is 2.05. The molecular formula is C15H30N2O. The number of rotatable bonds is 3. The summed E-state index contributed by atoms with van der Waals surface area (Å²) in [5.41, 5.74) is 0.414. The topological polar surface area (TPSA) is 24.5 Å². The van der Waals surface area contributed by atoms with Crippen molar-refractivity contribution in [3.05, 3.63) is 0 Å². The molecule has 18 heavy (non-hydrogen) atoms. The van der Waals surface area contributed by atoms with E-state index in [2.05, 4.69) is 38.0 Å². The molecule has 0 aromatic carbocycles. The second-order valence-electron chi connectivity index (χ2n) is 6.61. The van der Waals surface area contributed by atoms with Gasteiger partial charge in [-0.3, -0.25) is 4.90 Å². The predicted molar refractivity (Wildman–Crippen MR) is 75.9 cm³/mol. The molecule has 1 aliphatic carbocycles. The number of nitrogens with zero attached hydrogens (tertiary/aromatic N) is 1. The fraction of sp³-hybridized carbons (Fsp3) is 1.00. The van der Waals surface area contributed by atoms with Crippen LogP contribution in [0.1, 0.15) is 46.5 Å². The van der Waals surface area contributed by atoms with E-state index in [0.717, 1.165) is 26.1 Å².